The van der Waals surface area contributed by atoms with Gasteiger partial charge in [0.15, 0.2) is 0 Å². The van der Waals surface area contributed by atoms with Crippen molar-refractivity contribution in [2.45, 2.75) is 19.9 Å². The number of hydrogen-bond donors (Lipinski definition) is 1. The van der Waals surface area contributed by atoms with Crippen molar-refractivity contribution in [1.29, 1.82) is 0 Å². The topological polar surface area (TPSA) is 99.6 Å². The normalized spacial score (nSPS) is 11.7. The van der Waals surface area contributed by atoms with Crippen LogP contribution in [0.5, 0.6) is 11.9 Å². The number of ether oxygens (including phenoxy) is 3. The molecule has 0 aliphatic rings. The Bertz CT molecular complexity index is 496. The van der Waals surface area contributed by atoms with Gasteiger partial charge in [0.2, 0.25) is 5.88 Å². The Labute approximate surface area is 122 Å². The van der Waals surface area contributed by atoms with Crippen molar-refractivity contribution >= 4 is 11.9 Å². The zero-order valence-corrected chi connectivity index (χ0v) is 12.7. The molecule has 116 valence electrons. The highest BCUT2D eigenvalue weighted by atomic mass is 16.5. The average molecular weight is 297 g/mol. The summed E-state index contributed by atoms with van der Waals surface area (Å²) >= 11 is 0. The van der Waals surface area contributed by atoms with Gasteiger partial charge in [-0.3, -0.25) is 4.79 Å². The predicted octanol–water partition coefficient (Wildman–Crippen LogP) is 0.421. The summed E-state index contributed by atoms with van der Waals surface area (Å²) in [6, 6.07) is 0.583. The molecule has 0 saturated heterocycles. The average Bonchev–Trinajstić information content (AvgIpc) is 2.50. The molecule has 1 heterocycles. The standard InChI is InChI=1S/C13H19N3O5/c1-7(2)10(12(18)20-4)16-11(17)8-6-9(19-3)15-13(14-8)21-5/h6-7,10H,1-5H3,(H,16,17). The fourth-order valence-corrected chi connectivity index (χ4v) is 1.56. The van der Waals surface area contributed by atoms with Gasteiger partial charge < -0.3 is 19.5 Å². The molecule has 21 heavy (non-hydrogen) atoms. The molecule has 1 amide bonds. The first-order chi connectivity index (χ1) is 9.92. The number of aromatic nitrogens is 2. The van der Waals surface area contributed by atoms with E-state index in [1.54, 1.807) is 13.8 Å². The number of amides is 1. The Balaban J connectivity index is 2.99. The maximum Gasteiger partial charge on any atom is 0.328 e. The number of hydrogen-bond acceptors (Lipinski definition) is 7. The highest BCUT2D eigenvalue weighted by Crippen LogP contribution is 2.14. The molecule has 0 aliphatic carbocycles. The van der Waals surface area contributed by atoms with Crippen molar-refractivity contribution < 1.29 is 23.8 Å². The molecule has 1 rings (SSSR count). The minimum Gasteiger partial charge on any atom is -0.481 e. The van der Waals surface area contributed by atoms with Gasteiger partial charge in [-0.1, -0.05) is 13.8 Å². The second-order valence-electron chi connectivity index (χ2n) is 4.50. The molecule has 1 unspecified atom stereocenters. The second kappa shape index (κ2) is 7.41. The van der Waals surface area contributed by atoms with Crippen LogP contribution >= 0.6 is 0 Å². The van der Waals surface area contributed by atoms with Gasteiger partial charge in [0.05, 0.1) is 21.3 Å². The lowest BCUT2D eigenvalue weighted by molar-refractivity contribution is -0.144. The molecule has 0 aliphatic heterocycles. The van der Waals surface area contributed by atoms with Crippen LogP contribution in [0, 0.1) is 5.92 Å². The van der Waals surface area contributed by atoms with Gasteiger partial charge in [0.1, 0.15) is 11.7 Å². The summed E-state index contributed by atoms with van der Waals surface area (Å²) in [7, 11) is 4.05. The summed E-state index contributed by atoms with van der Waals surface area (Å²) in [6.07, 6.45) is 0. The molecule has 0 bridgehead atoms. The monoisotopic (exact) mass is 297 g/mol. The Kier molecular flexibility index (Phi) is 5.89. The summed E-state index contributed by atoms with van der Waals surface area (Å²) in [5, 5.41) is 2.57. The lowest BCUT2D eigenvalue weighted by atomic mass is 10.0. The SMILES string of the molecule is COC(=O)C(NC(=O)c1cc(OC)nc(OC)n1)C(C)C. The van der Waals surface area contributed by atoms with Crippen molar-refractivity contribution in [3.8, 4) is 11.9 Å². The van der Waals surface area contributed by atoms with E-state index in [9.17, 15) is 9.59 Å². The molecule has 1 atom stereocenters. The van der Waals surface area contributed by atoms with Gasteiger partial charge in [-0.2, -0.15) is 9.97 Å². The Hall–Kier alpha value is -2.38. The molecule has 0 radical (unpaired) electrons. The maximum absolute atomic E-state index is 12.2. The van der Waals surface area contributed by atoms with Crippen LogP contribution in [-0.2, 0) is 9.53 Å². The zero-order chi connectivity index (χ0) is 16.0. The van der Waals surface area contributed by atoms with E-state index < -0.39 is 17.9 Å². The van der Waals surface area contributed by atoms with E-state index in [2.05, 4.69) is 20.0 Å². The highest BCUT2D eigenvalue weighted by Gasteiger charge is 2.26. The zero-order valence-electron chi connectivity index (χ0n) is 12.7. The van der Waals surface area contributed by atoms with Crippen LogP contribution in [0.1, 0.15) is 24.3 Å². The molecule has 8 heteroatoms. The molecule has 0 aromatic carbocycles. The first-order valence-electron chi connectivity index (χ1n) is 6.28. The highest BCUT2D eigenvalue weighted by molar-refractivity contribution is 5.95. The van der Waals surface area contributed by atoms with Crippen LogP contribution in [0.4, 0.5) is 0 Å². The van der Waals surface area contributed by atoms with Crippen LogP contribution in [0.2, 0.25) is 0 Å². The lowest BCUT2D eigenvalue weighted by Gasteiger charge is -2.19. The third-order valence-corrected chi connectivity index (χ3v) is 2.71. The van der Waals surface area contributed by atoms with Crippen LogP contribution in [0.25, 0.3) is 0 Å². The summed E-state index contributed by atoms with van der Waals surface area (Å²) in [4.78, 5) is 31.7. The number of nitrogens with one attached hydrogen (secondary N) is 1. The minimum atomic E-state index is -0.769. The van der Waals surface area contributed by atoms with Gasteiger partial charge >= 0.3 is 12.0 Å². The van der Waals surface area contributed by atoms with Gasteiger partial charge in [-0.05, 0) is 5.92 Å². The summed E-state index contributed by atoms with van der Waals surface area (Å²) in [5.74, 6) is -1.01. The van der Waals surface area contributed by atoms with E-state index in [0.29, 0.717) is 0 Å². The molecule has 8 nitrogen and oxygen atoms in total. The molecule has 0 spiro atoms. The quantitative estimate of drug-likeness (QED) is 0.759. The van der Waals surface area contributed by atoms with Gasteiger partial charge in [0, 0.05) is 6.07 Å². The minimum absolute atomic E-state index is 0.00124. The Morgan fingerprint density at radius 3 is 2.29 bits per heavy atom. The summed E-state index contributed by atoms with van der Waals surface area (Å²) < 4.78 is 14.5. The number of esters is 1. The molecule has 0 saturated carbocycles. The second-order valence-corrected chi connectivity index (χ2v) is 4.50. The molecular weight excluding hydrogens is 278 g/mol. The van der Waals surface area contributed by atoms with E-state index in [1.807, 2.05) is 0 Å². The van der Waals surface area contributed by atoms with E-state index >= 15 is 0 Å². The molecule has 1 N–H and O–H groups in total. The Morgan fingerprint density at radius 2 is 1.81 bits per heavy atom. The third kappa shape index (κ3) is 4.30. The van der Waals surface area contributed by atoms with Crippen molar-refractivity contribution in [1.82, 2.24) is 15.3 Å². The molecule has 1 aromatic heterocycles. The molecular formula is C13H19N3O5. The fourth-order valence-electron chi connectivity index (χ4n) is 1.56. The smallest absolute Gasteiger partial charge is 0.328 e. The van der Waals surface area contributed by atoms with Crippen LogP contribution in [0.15, 0.2) is 6.07 Å². The lowest BCUT2D eigenvalue weighted by Crippen LogP contribution is -2.45. The van der Waals surface area contributed by atoms with E-state index in [-0.39, 0.29) is 23.5 Å². The van der Waals surface area contributed by atoms with Crippen molar-refractivity contribution in [3.05, 3.63) is 11.8 Å². The Morgan fingerprint density at radius 1 is 1.14 bits per heavy atom. The van der Waals surface area contributed by atoms with Gasteiger partial charge in [0.25, 0.3) is 5.91 Å². The molecule has 0 fully saturated rings. The van der Waals surface area contributed by atoms with Crippen LogP contribution in [0.3, 0.4) is 0 Å². The van der Waals surface area contributed by atoms with E-state index in [1.165, 1.54) is 27.4 Å². The van der Waals surface area contributed by atoms with Gasteiger partial charge in [-0.25, -0.2) is 4.79 Å². The van der Waals surface area contributed by atoms with E-state index in [0.717, 1.165) is 0 Å². The van der Waals surface area contributed by atoms with Crippen molar-refractivity contribution in [3.63, 3.8) is 0 Å². The van der Waals surface area contributed by atoms with E-state index in [4.69, 9.17) is 9.47 Å². The number of carbonyl (C=O) groups is 2. The number of rotatable bonds is 6. The van der Waals surface area contributed by atoms with Crippen molar-refractivity contribution in [2.75, 3.05) is 21.3 Å². The largest absolute Gasteiger partial charge is 0.481 e. The first-order valence-corrected chi connectivity index (χ1v) is 6.28. The number of nitrogens with zero attached hydrogens (tertiary/aromatic N) is 2. The maximum atomic E-state index is 12.2. The summed E-state index contributed by atoms with van der Waals surface area (Å²) in [6.45, 7) is 3.59. The molecule has 1 aromatic rings. The third-order valence-electron chi connectivity index (χ3n) is 2.71. The van der Waals surface area contributed by atoms with Crippen molar-refractivity contribution in [2.24, 2.45) is 5.92 Å². The van der Waals surface area contributed by atoms with Crippen LogP contribution < -0.4 is 14.8 Å². The first kappa shape index (κ1) is 16.7. The predicted molar refractivity (Wildman–Crippen MR) is 73.2 cm³/mol. The number of carbonyl (C=O) groups excluding carboxylic acids is 2. The van der Waals surface area contributed by atoms with Crippen LogP contribution in [-0.4, -0.2) is 49.2 Å². The fraction of sp³-hybridized carbons (Fsp3) is 0.538. The van der Waals surface area contributed by atoms with Gasteiger partial charge in [-0.15, -0.1) is 0 Å². The summed E-state index contributed by atoms with van der Waals surface area (Å²) in [5.41, 5.74) is 0.0354. The number of methoxy groups -OCH3 is 3.